The van der Waals surface area contributed by atoms with Crippen molar-refractivity contribution in [3.63, 3.8) is 0 Å². The first-order chi connectivity index (χ1) is 8.13. The van der Waals surface area contributed by atoms with Gasteiger partial charge in [0.1, 0.15) is 0 Å². The van der Waals surface area contributed by atoms with Gasteiger partial charge in [-0.15, -0.1) is 0 Å². The average Bonchev–Trinajstić information content (AvgIpc) is 2.61. The zero-order valence-corrected chi connectivity index (χ0v) is 10.8. The fraction of sp³-hybridized carbons (Fsp3) is 0.308. The number of nitrogens with zero attached hydrogens (tertiary/aromatic N) is 2. The zero-order chi connectivity index (χ0) is 12.4. The fourth-order valence-electron chi connectivity index (χ4n) is 1.89. The molecule has 0 saturated heterocycles. The number of benzene rings is 1. The highest BCUT2D eigenvalue weighted by molar-refractivity contribution is 6.30. The van der Waals surface area contributed by atoms with Crippen LogP contribution < -0.4 is 5.73 Å². The number of rotatable bonds is 3. The molecule has 1 aromatic carbocycles. The molecule has 2 rings (SSSR count). The Morgan fingerprint density at radius 3 is 2.71 bits per heavy atom. The lowest BCUT2D eigenvalue weighted by molar-refractivity contribution is 0.920. The molecule has 0 amide bonds. The van der Waals surface area contributed by atoms with E-state index in [1.807, 2.05) is 31.5 Å². The predicted molar refractivity (Wildman–Crippen MR) is 70.8 cm³/mol. The van der Waals surface area contributed by atoms with Gasteiger partial charge in [0, 0.05) is 10.7 Å². The van der Waals surface area contributed by atoms with Gasteiger partial charge in [0.2, 0.25) is 0 Å². The molecule has 0 spiro atoms. The monoisotopic (exact) mass is 249 g/mol. The van der Waals surface area contributed by atoms with Gasteiger partial charge in [-0.1, -0.05) is 11.6 Å². The van der Waals surface area contributed by atoms with Crippen LogP contribution in [0.1, 0.15) is 17.0 Å². The van der Waals surface area contributed by atoms with Crippen molar-refractivity contribution >= 4 is 11.6 Å². The minimum absolute atomic E-state index is 0.611. The summed E-state index contributed by atoms with van der Waals surface area (Å²) in [6.07, 6.45) is 2.65. The van der Waals surface area contributed by atoms with Gasteiger partial charge in [-0.3, -0.25) is 0 Å². The summed E-state index contributed by atoms with van der Waals surface area (Å²) in [4.78, 5) is 4.31. The molecule has 3 nitrogen and oxygen atoms in total. The van der Waals surface area contributed by atoms with Crippen molar-refractivity contribution < 1.29 is 0 Å². The van der Waals surface area contributed by atoms with Crippen LogP contribution in [0.3, 0.4) is 0 Å². The molecule has 0 atom stereocenters. The molecule has 2 aromatic rings. The minimum atomic E-state index is 0.611. The number of imidazole rings is 1. The first-order valence-corrected chi connectivity index (χ1v) is 6.00. The van der Waals surface area contributed by atoms with Crippen LogP contribution in [0.2, 0.25) is 5.02 Å². The lowest BCUT2D eigenvalue weighted by Crippen LogP contribution is -2.07. The molecule has 17 heavy (non-hydrogen) atoms. The highest BCUT2D eigenvalue weighted by atomic mass is 35.5. The molecule has 0 saturated carbocycles. The van der Waals surface area contributed by atoms with Gasteiger partial charge in [0.05, 0.1) is 17.7 Å². The van der Waals surface area contributed by atoms with E-state index in [1.165, 1.54) is 0 Å². The smallest absolute Gasteiger partial charge is 0.0997 e. The molecule has 0 radical (unpaired) electrons. The van der Waals surface area contributed by atoms with Crippen molar-refractivity contribution in [3.05, 3.63) is 46.5 Å². The van der Waals surface area contributed by atoms with Crippen molar-refractivity contribution in [2.24, 2.45) is 5.73 Å². The summed E-state index contributed by atoms with van der Waals surface area (Å²) in [6.45, 7) is 4.67. The predicted octanol–water partition coefficient (Wildman–Crippen LogP) is 2.64. The molecule has 0 aliphatic rings. The SMILES string of the molecule is Cc1ncn(-c2ccc(Cl)cc2CCN)c1C. The largest absolute Gasteiger partial charge is 0.330 e. The van der Waals surface area contributed by atoms with E-state index < -0.39 is 0 Å². The molecule has 0 aliphatic carbocycles. The van der Waals surface area contributed by atoms with Crippen molar-refractivity contribution in [3.8, 4) is 5.69 Å². The molecule has 2 N–H and O–H groups in total. The second-order valence-corrected chi connectivity index (χ2v) is 4.53. The summed E-state index contributed by atoms with van der Waals surface area (Å²) in [5.74, 6) is 0. The van der Waals surface area contributed by atoms with Gasteiger partial charge in [0.15, 0.2) is 0 Å². The van der Waals surface area contributed by atoms with Crippen molar-refractivity contribution in [1.29, 1.82) is 0 Å². The van der Waals surface area contributed by atoms with E-state index in [9.17, 15) is 0 Å². The average molecular weight is 250 g/mol. The third kappa shape index (κ3) is 2.35. The topological polar surface area (TPSA) is 43.8 Å². The number of hydrogen-bond acceptors (Lipinski definition) is 2. The Bertz CT molecular complexity index is 531. The first-order valence-electron chi connectivity index (χ1n) is 5.63. The fourth-order valence-corrected chi connectivity index (χ4v) is 2.08. The van der Waals surface area contributed by atoms with Crippen LogP contribution in [0.5, 0.6) is 0 Å². The summed E-state index contributed by atoms with van der Waals surface area (Å²) in [6, 6.07) is 5.88. The molecule has 1 heterocycles. The minimum Gasteiger partial charge on any atom is -0.330 e. The lowest BCUT2D eigenvalue weighted by atomic mass is 10.1. The molecular weight excluding hydrogens is 234 g/mol. The molecule has 90 valence electrons. The summed E-state index contributed by atoms with van der Waals surface area (Å²) in [7, 11) is 0. The van der Waals surface area contributed by atoms with E-state index in [-0.39, 0.29) is 0 Å². The zero-order valence-electron chi connectivity index (χ0n) is 10.1. The second kappa shape index (κ2) is 4.90. The molecule has 0 aliphatic heterocycles. The number of nitrogens with two attached hydrogens (primary N) is 1. The third-order valence-electron chi connectivity index (χ3n) is 2.97. The molecule has 4 heteroatoms. The maximum Gasteiger partial charge on any atom is 0.0997 e. The summed E-state index contributed by atoms with van der Waals surface area (Å²) >= 11 is 6.02. The van der Waals surface area contributed by atoms with Gasteiger partial charge in [-0.25, -0.2) is 4.98 Å². The van der Waals surface area contributed by atoms with E-state index in [0.29, 0.717) is 6.54 Å². The molecule has 0 fully saturated rings. The normalized spacial score (nSPS) is 10.8. The van der Waals surface area contributed by atoms with Crippen LogP contribution in [0, 0.1) is 13.8 Å². The Hall–Kier alpha value is -1.32. The maximum absolute atomic E-state index is 6.02. The van der Waals surface area contributed by atoms with E-state index in [4.69, 9.17) is 17.3 Å². The van der Waals surface area contributed by atoms with Crippen LogP contribution in [0.15, 0.2) is 24.5 Å². The Labute approximate surface area is 106 Å². The van der Waals surface area contributed by atoms with Crippen LogP contribution in [-0.2, 0) is 6.42 Å². The van der Waals surface area contributed by atoms with E-state index in [0.717, 1.165) is 34.1 Å². The second-order valence-electron chi connectivity index (χ2n) is 4.10. The third-order valence-corrected chi connectivity index (χ3v) is 3.20. The lowest BCUT2D eigenvalue weighted by Gasteiger charge is -2.12. The van der Waals surface area contributed by atoms with E-state index in [1.54, 1.807) is 0 Å². The quantitative estimate of drug-likeness (QED) is 0.909. The van der Waals surface area contributed by atoms with Gasteiger partial charge < -0.3 is 10.3 Å². The highest BCUT2D eigenvalue weighted by Crippen LogP contribution is 2.22. The molecule has 0 bridgehead atoms. The first kappa shape index (κ1) is 12.1. The van der Waals surface area contributed by atoms with Crippen LogP contribution >= 0.6 is 11.6 Å². The Balaban J connectivity index is 2.54. The van der Waals surface area contributed by atoms with Crippen LogP contribution in [0.25, 0.3) is 5.69 Å². The number of halogens is 1. The Morgan fingerprint density at radius 2 is 2.12 bits per heavy atom. The van der Waals surface area contributed by atoms with Crippen molar-refractivity contribution in [2.45, 2.75) is 20.3 Å². The number of hydrogen-bond donors (Lipinski definition) is 1. The Kier molecular flexibility index (Phi) is 3.50. The number of aromatic nitrogens is 2. The van der Waals surface area contributed by atoms with Crippen molar-refractivity contribution in [1.82, 2.24) is 9.55 Å². The Morgan fingerprint density at radius 1 is 1.35 bits per heavy atom. The number of aryl methyl sites for hydroxylation is 1. The van der Waals surface area contributed by atoms with Crippen molar-refractivity contribution in [2.75, 3.05) is 6.54 Å². The maximum atomic E-state index is 6.02. The van der Waals surface area contributed by atoms with Gasteiger partial charge >= 0.3 is 0 Å². The standard InChI is InChI=1S/C13H16ClN3/c1-9-10(2)17(8-16-9)13-4-3-12(14)7-11(13)5-6-15/h3-4,7-8H,5-6,15H2,1-2H3. The van der Waals surface area contributed by atoms with E-state index >= 15 is 0 Å². The highest BCUT2D eigenvalue weighted by Gasteiger charge is 2.09. The molecule has 0 unspecified atom stereocenters. The van der Waals surface area contributed by atoms with Gasteiger partial charge in [0.25, 0.3) is 0 Å². The summed E-state index contributed by atoms with van der Waals surface area (Å²) < 4.78 is 2.08. The summed E-state index contributed by atoms with van der Waals surface area (Å²) in [5.41, 5.74) is 10.1. The molecule has 1 aromatic heterocycles. The van der Waals surface area contributed by atoms with Gasteiger partial charge in [-0.2, -0.15) is 0 Å². The summed E-state index contributed by atoms with van der Waals surface area (Å²) in [5, 5.41) is 0.742. The molecular formula is C13H16ClN3. The van der Waals surface area contributed by atoms with E-state index in [2.05, 4.69) is 16.5 Å². The van der Waals surface area contributed by atoms with Crippen LogP contribution in [-0.4, -0.2) is 16.1 Å². The van der Waals surface area contributed by atoms with Gasteiger partial charge in [-0.05, 0) is 50.6 Å². The van der Waals surface area contributed by atoms with Crippen LogP contribution in [0.4, 0.5) is 0 Å².